The molecule has 0 amide bonds. The number of rotatable bonds is 1. The fourth-order valence-corrected chi connectivity index (χ4v) is 3.79. The molecule has 2 N–H and O–H groups in total. The highest BCUT2D eigenvalue weighted by Gasteiger charge is 2.42. The maximum Gasteiger partial charge on any atom is 0.0564 e. The van der Waals surface area contributed by atoms with E-state index >= 15 is 0 Å². The molecule has 0 aromatic carbocycles. The first-order valence-electron chi connectivity index (χ1n) is 6.47. The smallest absolute Gasteiger partial charge is 0.0564 e. The predicted molar refractivity (Wildman–Crippen MR) is 59.7 cm³/mol. The first-order valence-corrected chi connectivity index (χ1v) is 6.47. The zero-order valence-electron chi connectivity index (χ0n) is 9.36. The van der Waals surface area contributed by atoms with Crippen LogP contribution in [0, 0.1) is 11.8 Å². The summed E-state index contributed by atoms with van der Waals surface area (Å²) < 4.78 is 0. The van der Waals surface area contributed by atoms with Crippen LogP contribution in [-0.2, 0) is 0 Å². The molecule has 3 rings (SSSR count). The van der Waals surface area contributed by atoms with Gasteiger partial charge in [0.1, 0.15) is 0 Å². The Hall–Kier alpha value is -0.120. The minimum Gasteiger partial charge on any atom is -0.393 e. The molecule has 0 spiro atoms. The highest BCUT2D eigenvalue weighted by Crippen LogP contribution is 2.38. The molecule has 0 unspecified atom stereocenters. The summed E-state index contributed by atoms with van der Waals surface area (Å²) in [6.45, 7) is 4.72. The third-order valence-corrected chi connectivity index (χ3v) is 4.69. The molecule has 15 heavy (non-hydrogen) atoms. The van der Waals surface area contributed by atoms with Crippen LogP contribution in [0.25, 0.3) is 0 Å². The van der Waals surface area contributed by atoms with E-state index in [9.17, 15) is 5.11 Å². The molecule has 2 heterocycles. The quantitative estimate of drug-likeness (QED) is 0.659. The zero-order valence-corrected chi connectivity index (χ0v) is 9.36. The van der Waals surface area contributed by atoms with Crippen LogP contribution in [0.4, 0.5) is 0 Å². The van der Waals surface area contributed by atoms with Crippen molar-refractivity contribution in [1.82, 2.24) is 10.2 Å². The number of hydrogen-bond acceptors (Lipinski definition) is 3. The van der Waals surface area contributed by atoms with E-state index in [4.69, 9.17) is 0 Å². The zero-order chi connectivity index (χ0) is 10.3. The monoisotopic (exact) mass is 210 g/mol. The summed E-state index contributed by atoms with van der Waals surface area (Å²) in [5.74, 6) is 1.85. The third-order valence-electron chi connectivity index (χ3n) is 4.69. The predicted octanol–water partition coefficient (Wildman–Crippen LogP) is 0.441. The van der Waals surface area contributed by atoms with Gasteiger partial charge in [-0.1, -0.05) is 0 Å². The van der Waals surface area contributed by atoms with E-state index in [0.29, 0.717) is 0 Å². The summed E-state index contributed by atoms with van der Waals surface area (Å²) in [4.78, 5) is 2.64. The molecule has 1 saturated carbocycles. The molecule has 3 aliphatic rings. The van der Waals surface area contributed by atoms with Crippen molar-refractivity contribution in [3.05, 3.63) is 0 Å². The summed E-state index contributed by atoms with van der Waals surface area (Å²) >= 11 is 0. The molecule has 2 aliphatic heterocycles. The van der Waals surface area contributed by atoms with E-state index in [0.717, 1.165) is 43.8 Å². The molecule has 3 heteroatoms. The van der Waals surface area contributed by atoms with Crippen LogP contribution in [0.3, 0.4) is 0 Å². The molecule has 1 aliphatic carbocycles. The van der Waals surface area contributed by atoms with E-state index < -0.39 is 0 Å². The van der Waals surface area contributed by atoms with Crippen LogP contribution in [0.5, 0.6) is 0 Å². The van der Waals surface area contributed by atoms with Crippen LogP contribution in [0.2, 0.25) is 0 Å². The van der Waals surface area contributed by atoms with Gasteiger partial charge in [-0.3, -0.25) is 4.90 Å². The van der Waals surface area contributed by atoms with Crippen LogP contribution < -0.4 is 5.32 Å². The topological polar surface area (TPSA) is 35.5 Å². The van der Waals surface area contributed by atoms with Crippen molar-refractivity contribution in [1.29, 1.82) is 0 Å². The lowest BCUT2D eigenvalue weighted by Crippen LogP contribution is -2.45. The second-order valence-electron chi connectivity index (χ2n) is 5.49. The Morgan fingerprint density at radius 3 is 2.60 bits per heavy atom. The number of likely N-dealkylation sites (tertiary alicyclic amines) is 1. The summed E-state index contributed by atoms with van der Waals surface area (Å²) in [6.07, 6.45) is 4.76. The Morgan fingerprint density at radius 2 is 1.80 bits per heavy atom. The van der Waals surface area contributed by atoms with Gasteiger partial charge in [-0.2, -0.15) is 0 Å². The average Bonchev–Trinajstić information content (AvgIpc) is 2.80. The Bertz CT molecular complexity index is 226. The van der Waals surface area contributed by atoms with Gasteiger partial charge in [-0.15, -0.1) is 0 Å². The first kappa shape index (κ1) is 10.1. The fraction of sp³-hybridized carbons (Fsp3) is 1.00. The van der Waals surface area contributed by atoms with Crippen molar-refractivity contribution in [2.45, 2.75) is 37.8 Å². The first-order chi connectivity index (χ1) is 7.34. The molecule has 2 saturated heterocycles. The number of nitrogens with one attached hydrogen (secondary N) is 1. The van der Waals surface area contributed by atoms with Gasteiger partial charge in [-0.25, -0.2) is 0 Å². The molecule has 3 nitrogen and oxygen atoms in total. The Kier molecular flexibility index (Phi) is 2.71. The summed E-state index contributed by atoms with van der Waals surface area (Å²) in [7, 11) is 0. The number of hydrogen-bond donors (Lipinski definition) is 2. The van der Waals surface area contributed by atoms with Crippen molar-refractivity contribution >= 4 is 0 Å². The van der Waals surface area contributed by atoms with Crippen molar-refractivity contribution < 1.29 is 5.11 Å². The van der Waals surface area contributed by atoms with Crippen molar-refractivity contribution in [2.24, 2.45) is 11.8 Å². The van der Waals surface area contributed by atoms with Crippen molar-refractivity contribution in [3.8, 4) is 0 Å². The van der Waals surface area contributed by atoms with Crippen LogP contribution in [0.15, 0.2) is 0 Å². The van der Waals surface area contributed by atoms with Gasteiger partial charge in [0, 0.05) is 19.1 Å². The second kappa shape index (κ2) is 4.04. The van der Waals surface area contributed by atoms with E-state index in [1.54, 1.807) is 0 Å². The number of piperidine rings is 1. The van der Waals surface area contributed by atoms with Crippen molar-refractivity contribution in [2.75, 3.05) is 26.2 Å². The van der Waals surface area contributed by atoms with Gasteiger partial charge in [0.25, 0.3) is 0 Å². The maximum absolute atomic E-state index is 9.52. The summed E-state index contributed by atoms with van der Waals surface area (Å²) in [6, 6.07) is 0.817. The lowest BCUT2D eigenvalue weighted by atomic mass is 9.95. The molecular formula is C12H22N2O. The normalized spacial score (nSPS) is 43.4. The molecule has 0 radical (unpaired) electrons. The molecule has 0 aromatic rings. The summed E-state index contributed by atoms with van der Waals surface area (Å²) in [5, 5.41) is 13.0. The lowest BCUT2D eigenvalue weighted by Gasteiger charge is -2.37. The molecule has 0 aromatic heterocycles. The highest BCUT2D eigenvalue weighted by molar-refractivity contribution is 4.97. The van der Waals surface area contributed by atoms with Crippen LogP contribution in [-0.4, -0.2) is 48.3 Å². The van der Waals surface area contributed by atoms with Crippen LogP contribution >= 0.6 is 0 Å². The van der Waals surface area contributed by atoms with Crippen molar-refractivity contribution in [3.63, 3.8) is 0 Å². The van der Waals surface area contributed by atoms with Gasteiger partial charge >= 0.3 is 0 Å². The molecule has 3 fully saturated rings. The van der Waals surface area contributed by atoms with Gasteiger partial charge in [-0.05, 0) is 50.6 Å². The SMILES string of the molecule is OC1CCN([C@@H]2CC[C@H]3CNC[C@@H]32)CC1. The molecular weight excluding hydrogens is 188 g/mol. The number of fused-ring (bicyclic) bond motifs is 1. The summed E-state index contributed by atoms with van der Waals surface area (Å²) in [5.41, 5.74) is 0. The Morgan fingerprint density at radius 1 is 1.00 bits per heavy atom. The van der Waals surface area contributed by atoms with E-state index in [-0.39, 0.29) is 6.10 Å². The van der Waals surface area contributed by atoms with Gasteiger partial charge in [0.2, 0.25) is 0 Å². The number of aliphatic hydroxyl groups is 1. The lowest BCUT2D eigenvalue weighted by molar-refractivity contribution is 0.0505. The molecule has 86 valence electrons. The van der Waals surface area contributed by atoms with E-state index in [2.05, 4.69) is 10.2 Å². The number of nitrogens with zero attached hydrogens (tertiary/aromatic N) is 1. The molecule has 0 bridgehead atoms. The Labute approximate surface area is 91.8 Å². The fourth-order valence-electron chi connectivity index (χ4n) is 3.79. The third kappa shape index (κ3) is 1.81. The van der Waals surface area contributed by atoms with E-state index in [1.807, 2.05) is 0 Å². The number of aliphatic hydroxyl groups excluding tert-OH is 1. The van der Waals surface area contributed by atoms with E-state index in [1.165, 1.54) is 25.9 Å². The maximum atomic E-state index is 9.52. The average molecular weight is 210 g/mol. The largest absolute Gasteiger partial charge is 0.393 e. The minimum atomic E-state index is -0.0276. The Balaban J connectivity index is 1.62. The minimum absolute atomic E-state index is 0.0276. The van der Waals surface area contributed by atoms with Crippen LogP contribution in [0.1, 0.15) is 25.7 Å². The standard InChI is InChI=1S/C12H22N2O/c15-10-3-5-14(6-4-10)12-2-1-9-7-13-8-11(9)12/h9-13,15H,1-8H2/t9-,11-,12+/m0/s1. The second-order valence-corrected chi connectivity index (χ2v) is 5.49. The van der Waals surface area contributed by atoms with Gasteiger partial charge in [0.05, 0.1) is 6.10 Å². The highest BCUT2D eigenvalue weighted by atomic mass is 16.3. The van der Waals surface area contributed by atoms with Gasteiger partial charge < -0.3 is 10.4 Å². The molecule has 3 atom stereocenters. The van der Waals surface area contributed by atoms with Gasteiger partial charge in [0.15, 0.2) is 0 Å².